The minimum atomic E-state index is -0.0708. The van der Waals surface area contributed by atoms with Crippen LogP contribution in [-0.4, -0.2) is 32.3 Å². The quantitative estimate of drug-likeness (QED) is 0.782. The standard InChI is InChI=1S/C14H20BrNO3/c1-4-10(2)16-14(17)11-5-6-13(12(15)9-11)19-8-7-18-3/h5-6,9-10H,4,7-8H2,1-3H3,(H,16,17)/t10-/m1/s1. The Kier molecular flexibility index (Phi) is 6.87. The van der Waals surface area contributed by atoms with Crippen molar-refractivity contribution in [2.24, 2.45) is 0 Å². The van der Waals surface area contributed by atoms with Crippen LogP contribution < -0.4 is 10.1 Å². The number of hydrogen-bond acceptors (Lipinski definition) is 3. The van der Waals surface area contributed by atoms with E-state index in [0.29, 0.717) is 24.5 Å². The highest BCUT2D eigenvalue weighted by Crippen LogP contribution is 2.26. The van der Waals surface area contributed by atoms with Crippen LogP contribution in [0.4, 0.5) is 0 Å². The first kappa shape index (κ1) is 16.0. The summed E-state index contributed by atoms with van der Waals surface area (Å²) in [5, 5.41) is 2.92. The van der Waals surface area contributed by atoms with Crippen LogP contribution in [0.15, 0.2) is 22.7 Å². The number of rotatable bonds is 7. The molecule has 0 aliphatic rings. The second-order valence-electron chi connectivity index (χ2n) is 4.27. The van der Waals surface area contributed by atoms with Crippen LogP contribution in [0.2, 0.25) is 0 Å². The van der Waals surface area contributed by atoms with Crippen molar-refractivity contribution in [1.29, 1.82) is 0 Å². The molecule has 1 aromatic carbocycles. The molecule has 1 N–H and O–H groups in total. The Morgan fingerprint density at radius 1 is 1.42 bits per heavy atom. The summed E-state index contributed by atoms with van der Waals surface area (Å²) in [5.74, 6) is 0.635. The fourth-order valence-corrected chi connectivity index (χ4v) is 1.90. The van der Waals surface area contributed by atoms with Crippen molar-refractivity contribution in [3.8, 4) is 5.75 Å². The highest BCUT2D eigenvalue weighted by Gasteiger charge is 2.11. The van der Waals surface area contributed by atoms with E-state index < -0.39 is 0 Å². The lowest BCUT2D eigenvalue weighted by molar-refractivity contribution is 0.0939. The maximum atomic E-state index is 11.9. The normalized spacial score (nSPS) is 12.0. The van der Waals surface area contributed by atoms with E-state index in [1.807, 2.05) is 13.8 Å². The van der Waals surface area contributed by atoms with E-state index in [1.165, 1.54) is 0 Å². The summed E-state index contributed by atoms with van der Waals surface area (Å²) < 4.78 is 11.2. The SMILES string of the molecule is CC[C@@H](C)NC(=O)c1ccc(OCCOC)c(Br)c1. The largest absolute Gasteiger partial charge is 0.490 e. The van der Waals surface area contributed by atoms with Gasteiger partial charge in [-0.15, -0.1) is 0 Å². The van der Waals surface area contributed by atoms with E-state index in [1.54, 1.807) is 25.3 Å². The number of ether oxygens (including phenoxy) is 2. The lowest BCUT2D eigenvalue weighted by Gasteiger charge is -2.13. The Morgan fingerprint density at radius 2 is 2.16 bits per heavy atom. The summed E-state index contributed by atoms with van der Waals surface area (Å²) in [4.78, 5) is 11.9. The average Bonchev–Trinajstić information content (AvgIpc) is 2.40. The Bertz CT molecular complexity index is 423. The lowest BCUT2D eigenvalue weighted by atomic mass is 10.2. The smallest absolute Gasteiger partial charge is 0.251 e. The van der Waals surface area contributed by atoms with E-state index in [-0.39, 0.29) is 11.9 Å². The third-order valence-electron chi connectivity index (χ3n) is 2.73. The van der Waals surface area contributed by atoms with Gasteiger partial charge in [0, 0.05) is 18.7 Å². The predicted octanol–water partition coefficient (Wildman–Crippen LogP) is 3.00. The second-order valence-corrected chi connectivity index (χ2v) is 5.12. The number of halogens is 1. The lowest BCUT2D eigenvalue weighted by Crippen LogP contribution is -2.31. The van der Waals surface area contributed by atoms with Gasteiger partial charge in [0.1, 0.15) is 12.4 Å². The Hall–Kier alpha value is -1.07. The Balaban J connectivity index is 2.67. The van der Waals surface area contributed by atoms with Crippen molar-refractivity contribution in [2.75, 3.05) is 20.3 Å². The van der Waals surface area contributed by atoms with Gasteiger partial charge in [-0.2, -0.15) is 0 Å². The molecular weight excluding hydrogens is 310 g/mol. The first-order valence-electron chi connectivity index (χ1n) is 6.30. The summed E-state index contributed by atoms with van der Waals surface area (Å²) in [7, 11) is 1.63. The first-order valence-corrected chi connectivity index (χ1v) is 7.10. The minimum absolute atomic E-state index is 0.0708. The number of carbonyl (C=O) groups excluding carboxylic acids is 1. The van der Waals surface area contributed by atoms with Crippen molar-refractivity contribution in [1.82, 2.24) is 5.32 Å². The van der Waals surface area contributed by atoms with Crippen LogP contribution in [0, 0.1) is 0 Å². The number of hydrogen-bond donors (Lipinski definition) is 1. The third kappa shape index (κ3) is 5.20. The molecule has 0 aliphatic carbocycles. The van der Waals surface area contributed by atoms with Gasteiger partial charge in [-0.25, -0.2) is 0 Å². The van der Waals surface area contributed by atoms with E-state index in [0.717, 1.165) is 10.9 Å². The van der Waals surface area contributed by atoms with Gasteiger partial charge in [-0.3, -0.25) is 4.79 Å². The van der Waals surface area contributed by atoms with Gasteiger partial charge in [0.05, 0.1) is 11.1 Å². The summed E-state index contributed by atoms with van der Waals surface area (Å²) in [6.45, 7) is 5.03. The van der Waals surface area contributed by atoms with E-state index in [2.05, 4.69) is 21.2 Å². The van der Waals surface area contributed by atoms with Crippen LogP contribution in [-0.2, 0) is 4.74 Å². The van der Waals surface area contributed by atoms with Gasteiger partial charge in [0.15, 0.2) is 0 Å². The molecule has 0 saturated heterocycles. The van der Waals surface area contributed by atoms with Crippen LogP contribution in [0.5, 0.6) is 5.75 Å². The van der Waals surface area contributed by atoms with Crippen LogP contribution in [0.25, 0.3) is 0 Å². The van der Waals surface area contributed by atoms with Crippen molar-refractivity contribution in [2.45, 2.75) is 26.3 Å². The molecule has 0 aliphatic heterocycles. The van der Waals surface area contributed by atoms with Gasteiger partial charge in [-0.05, 0) is 47.5 Å². The van der Waals surface area contributed by atoms with Gasteiger partial charge < -0.3 is 14.8 Å². The molecule has 0 radical (unpaired) electrons. The molecule has 19 heavy (non-hydrogen) atoms. The second kappa shape index (κ2) is 8.17. The molecule has 0 heterocycles. The molecule has 4 nitrogen and oxygen atoms in total. The van der Waals surface area contributed by atoms with E-state index in [4.69, 9.17) is 9.47 Å². The van der Waals surface area contributed by atoms with Crippen LogP contribution >= 0.6 is 15.9 Å². The molecule has 0 bridgehead atoms. The molecule has 0 unspecified atom stereocenters. The summed E-state index contributed by atoms with van der Waals surface area (Å²) >= 11 is 3.41. The molecule has 1 aromatic rings. The predicted molar refractivity (Wildman–Crippen MR) is 78.7 cm³/mol. The monoisotopic (exact) mass is 329 g/mol. The molecule has 106 valence electrons. The van der Waals surface area contributed by atoms with Gasteiger partial charge in [0.2, 0.25) is 0 Å². The summed E-state index contributed by atoms with van der Waals surface area (Å²) in [6, 6.07) is 5.47. The fourth-order valence-electron chi connectivity index (χ4n) is 1.40. The van der Waals surface area contributed by atoms with Gasteiger partial charge in [0.25, 0.3) is 5.91 Å². The maximum Gasteiger partial charge on any atom is 0.251 e. The zero-order valence-electron chi connectivity index (χ0n) is 11.5. The maximum absolute atomic E-state index is 11.9. The van der Waals surface area contributed by atoms with Crippen molar-refractivity contribution < 1.29 is 14.3 Å². The number of amides is 1. The molecule has 0 aromatic heterocycles. The van der Waals surface area contributed by atoms with E-state index in [9.17, 15) is 4.79 Å². The zero-order valence-corrected chi connectivity index (χ0v) is 13.1. The highest BCUT2D eigenvalue weighted by atomic mass is 79.9. The van der Waals surface area contributed by atoms with Crippen molar-refractivity contribution >= 4 is 21.8 Å². The third-order valence-corrected chi connectivity index (χ3v) is 3.35. The number of carbonyl (C=O) groups is 1. The zero-order chi connectivity index (χ0) is 14.3. The van der Waals surface area contributed by atoms with Gasteiger partial charge >= 0.3 is 0 Å². The molecule has 1 atom stereocenters. The Morgan fingerprint density at radius 3 is 2.74 bits per heavy atom. The average molecular weight is 330 g/mol. The molecule has 1 rings (SSSR count). The van der Waals surface area contributed by atoms with Crippen LogP contribution in [0.3, 0.4) is 0 Å². The first-order chi connectivity index (χ1) is 9.08. The number of benzene rings is 1. The molecule has 0 saturated carbocycles. The number of nitrogens with one attached hydrogen (secondary N) is 1. The van der Waals surface area contributed by atoms with Gasteiger partial charge in [-0.1, -0.05) is 6.92 Å². The minimum Gasteiger partial charge on any atom is -0.490 e. The molecule has 0 fully saturated rings. The van der Waals surface area contributed by atoms with Crippen molar-refractivity contribution in [3.63, 3.8) is 0 Å². The number of methoxy groups -OCH3 is 1. The molecular formula is C14H20BrNO3. The molecule has 1 amide bonds. The molecule has 5 heteroatoms. The summed E-state index contributed by atoms with van der Waals surface area (Å²) in [5.41, 5.74) is 0.617. The topological polar surface area (TPSA) is 47.6 Å². The Labute approximate surface area is 122 Å². The fraction of sp³-hybridized carbons (Fsp3) is 0.500. The van der Waals surface area contributed by atoms with E-state index >= 15 is 0 Å². The summed E-state index contributed by atoms with van der Waals surface area (Å²) in [6.07, 6.45) is 0.908. The van der Waals surface area contributed by atoms with Crippen molar-refractivity contribution in [3.05, 3.63) is 28.2 Å². The molecule has 0 spiro atoms. The van der Waals surface area contributed by atoms with Crippen LogP contribution in [0.1, 0.15) is 30.6 Å². The highest BCUT2D eigenvalue weighted by molar-refractivity contribution is 9.10.